The highest BCUT2D eigenvalue weighted by atomic mass is 16.6. The van der Waals surface area contributed by atoms with Crippen molar-refractivity contribution in [2.24, 2.45) is 0 Å². The Hall–Kier alpha value is -2.64. The summed E-state index contributed by atoms with van der Waals surface area (Å²) in [5.41, 5.74) is -0.530. The Morgan fingerprint density at radius 3 is 2.24 bits per heavy atom. The van der Waals surface area contributed by atoms with Gasteiger partial charge in [0.1, 0.15) is 11.7 Å². The molecule has 0 saturated heterocycles. The van der Waals surface area contributed by atoms with Crippen molar-refractivity contribution >= 4 is 17.7 Å². The third-order valence-corrected chi connectivity index (χ3v) is 3.28. The first-order valence-corrected chi connectivity index (χ1v) is 7.98. The highest BCUT2D eigenvalue weighted by Gasteiger charge is 2.25. The fourth-order valence-electron chi connectivity index (χ4n) is 2.05. The first-order chi connectivity index (χ1) is 11.5. The van der Waals surface area contributed by atoms with Crippen molar-refractivity contribution in [3.63, 3.8) is 0 Å². The number of carbonyl (C=O) groups excluding carboxylic acids is 2. The Morgan fingerprint density at radius 1 is 1.24 bits per heavy atom. The number of benzene rings is 1. The van der Waals surface area contributed by atoms with E-state index in [0.717, 1.165) is 0 Å². The monoisotopic (exact) mass is 352 g/mol. The molecule has 0 aliphatic carbocycles. The molecule has 2 unspecified atom stereocenters. The van der Waals surface area contributed by atoms with Crippen LogP contribution in [0.4, 0.5) is 10.5 Å². The molecular weight excluding hydrogens is 328 g/mol. The van der Waals surface area contributed by atoms with E-state index < -0.39 is 34.7 Å². The molecule has 0 aliphatic rings. The molecular formula is C17H24N2O6. The van der Waals surface area contributed by atoms with E-state index in [9.17, 15) is 19.7 Å². The topological polar surface area (TPSA) is 108 Å². The van der Waals surface area contributed by atoms with Gasteiger partial charge in [0, 0.05) is 12.1 Å². The molecule has 0 fully saturated rings. The second-order valence-electron chi connectivity index (χ2n) is 6.59. The molecule has 0 radical (unpaired) electrons. The number of carbonyl (C=O) groups is 2. The van der Waals surface area contributed by atoms with E-state index in [1.807, 2.05) is 6.92 Å². The van der Waals surface area contributed by atoms with Crippen molar-refractivity contribution in [1.29, 1.82) is 0 Å². The van der Waals surface area contributed by atoms with E-state index in [4.69, 9.17) is 9.47 Å². The zero-order chi connectivity index (χ0) is 19.2. The Bertz CT molecular complexity index is 621. The fourth-order valence-corrected chi connectivity index (χ4v) is 2.05. The predicted octanol–water partition coefficient (Wildman–Crippen LogP) is 3.44. The number of rotatable bonds is 6. The fraction of sp³-hybridized carbons (Fsp3) is 0.529. The quantitative estimate of drug-likeness (QED) is 0.477. The van der Waals surface area contributed by atoms with Gasteiger partial charge in [-0.2, -0.15) is 0 Å². The van der Waals surface area contributed by atoms with Crippen LogP contribution < -0.4 is 5.32 Å². The van der Waals surface area contributed by atoms with E-state index in [1.165, 1.54) is 24.3 Å². The Labute approximate surface area is 146 Å². The lowest BCUT2D eigenvalue weighted by atomic mass is 10.1. The SMILES string of the molecule is CCC(OC(=O)c1ccc([N+](=O)[O-])cc1)C(C)NC(=O)OC(C)(C)C. The van der Waals surface area contributed by atoms with Crippen molar-refractivity contribution < 1.29 is 24.0 Å². The first-order valence-electron chi connectivity index (χ1n) is 7.98. The minimum Gasteiger partial charge on any atom is -0.457 e. The third kappa shape index (κ3) is 6.78. The summed E-state index contributed by atoms with van der Waals surface area (Å²) in [5, 5.41) is 13.3. The summed E-state index contributed by atoms with van der Waals surface area (Å²) < 4.78 is 10.6. The lowest BCUT2D eigenvalue weighted by Gasteiger charge is -2.26. The smallest absolute Gasteiger partial charge is 0.407 e. The Kier molecular flexibility index (Phi) is 6.90. The summed E-state index contributed by atoms with van der Waals surface area (Å²) in [6.45, 7) is 8.79. The second kappa shape index (κ2) is 8.46. The average Bonchev–Trinajstić information content (AvgIpc) is 2.50. The highest BCUT2D eigenvalue weighted by Crippen LogP contribution is 2.15. The minimum atomic E-state index is -0.624. The maximum Gasteiger partial charge on any atom is 0.407 e. The molecule has 0 bridgehead atoms. The standard InChI is InChI=1S/C17H24N2O6/c1-6-14(11(2)18-16(21)25-17(3,4)5)24-15(20)12-7-9-13(10-8-12)19(22)23/h7-11,14H,6H2,1-5H3,(H,18,21). The maximum atomic E-state index is 12.2. The number of nitrogens with one attached hydrogen (secondary N) is 1. The molecule has 0 saturated carbocycles. The molecule has 138 valence electrons. The number of nitro groups is 1. The van der Waals surface area contributed by atoms with Crippen molar-refractivity contribution in [3.05, 3.63) is 39.9 Å². The number of hydrogen-bond donors (Lipinski definition) is 1. The van der Waals surface area contributed by atoms with Crippen molar-refractivity contribution in [1.82, 2.24) is 5.32 Å². The molecule has 1 aromatic carbocycles. The van der Waals surface area contributed by atoms with Gasteiger partial charge in [-0.3, -0.25) is 10.1 Å². The summed E-state index contributed by atoms with van der Waals surface area (Å²) >= 11 is 0. The molecule has 0 heterocycles. The molecule has 8 nitrogen and oxygen atoms in total. The number of ether oxygens (including phenoxy) is 2. The van der Waals surface area contributed by atoms with Crippen LogP contribution in [0.2, 0.25) is 0 Å². The van der Waals surface area contributed by atoms with Gasteiger partial charge in [-0.05, 0) is 46.2 Å². The van der Waals surface area contributed by atoms with Crippen LogP contribution in [0.5, 0.6) is 0 Å². The molecule has 2 atom stereocenters. The average molecular weight is 352 g/mol. The van der Waals surface area contributed by atoms with Gasteiger partial charge in [0.25, 0.3) is 5.69 Å². The normalized spacial score (nSPS) is 13.5. The van der Waals surface area contributed by atoms with Gasteiger partial charge in [0.05, 0.1) is 16.5 Å². The molecule has 8 heteroatoms. The lowest BCUT2D eigenvalue weighted by Crippen LogP contribution is -2.45. The molecule has 0 aliphatic heterocycles. The van der Waals surface area contributed by atoms with Gasteiger partial charge in [-0.1, -0.05) is 6.92 Å². The minimum absolute atomic E-state index is 0.108. The van der Waals surface area contributed by atoms with Crippen LogP contribution >= 0.6 is 0 Å². The number of non-ortho nitro benzene ring substituents is 1. The molecule has 1 rings (SSSR count). The number of esters is 1. The van der Waals surface area contributed by atoms with Crippen molar-refractivity contribution in [2.75, 3.05) is 0 Å². The Balaban J connectivity index is 2.68. The molecule has 1 amide bonds. The van der Waals surface area contributed by atoms with Gasteiger partial charge in [-0.25, -0.2) is 9.59 Å². The summed E-state index contributed by atoms with van der Waals surface area (Å²) in [6.07, 6.45) is -0.671. The second-order valence-corrected chi connectivity index (χ2v) is 6.59. The first kappa shape index (κ1) is 20.4. The zero-order valence-corrected chi connectivity index (χ0v) is 15.1. The van der Waals surface area contributed by atoms with Gasteiger partial charge in [-0.15, -0.1) is 0 Å². The number of nitro benzene ring substituents is 1. The molecule has 0 aromatic heterocycles. The van der Waals surface area contributed by atoms with Gasteiger partial charge in [0.15, 0.2) is 0 Å². The highest BCUT2D eigenvalue weighted by molar-refractivity contribution is 5.89. The number of alkyl carbamates (subject to hydrolysis) is 1. The summed E-state index contributed by atoms with van der Waals surface area (Å²) in [5.74, 6) is -0.611. The Morgan fingerprint density at radius 2 is 1.80 bits per heavy atom. The molecule has 1 N–H and O–H groups in total. The number of amides is 1. The van der Waals surface area contributed by atoms with Crippen molar-refractivity contribution in [2.45, 2.75) is 58.8 Å². The molecule has 0 spiro atoms. The maximum absolute atomic E-state index is 12.2. The summed E-state index contributed by atoms with van der Waals surface area (Å²) in [7, 11) is 0. The van der Waals surface area contributed by atoms with E-state index in [1.54, 1.807) is 27.7 Å². The van der Waals surface area contributed by atoms with Crippen LogP contribution in [0.3, 0.4) is 0 Å². The molecule has 1 aromatic rings. The van der Waals surface area contributed by atoms with Crippen LogP contribution in [0.15, 0.2) is 24.3 Å². The van der Waals surface area contributed by atoms with Crippen molar-refractivity contribution in [3.8, 4) is 0 Å². The molecule has 25 heavy (non-hydrogen) atoms. The van der Waals surface area contributed by atoms with Crippen LogP contribution in [-0.2, 0) is 9.47 Å². The van der Waals surface area contributed by atoms with E-state index in [-0.39, 0.29) is 11.3 Å². The van der Waals surface area contributed by atoms with Crippen LogP contribution in [0.1, 0.15) is 51.4 Å². The zero-order valence-electron chi connectivity index (χ0n) is 15.1. The van der Waals surface area contributed by atoms with Gasteiger partial charge in [0.2, 0.25) is 0 Å². The largest absolute Gasteiger partial charge is 0.457 e. The van der Waals surface area contributed by atoms with Gasteiger partial charge < -0.3 is 14.8 Å². The predicted molar refractivity (Wildman–Crippen MR) is 91.4 cm³/mol. The van der Waals surface area contributed by atoms with Crippen LogP contribution in [0.25, 0.3) is 0 Å². The third-order valence-electron chi connectivity index (χ3n) is 3.28. The van der Waals surface area contributed by atoms with E-state index in [2.05, 4.69) is 5.32 Å². The summed E-state index contributed by atoms with van der Waals surface area (Å²) in [4.78, 5) is 34.1. The summed E-state index contributed by atoms with van der Waals surface area (Å²) in [6, 6.07) is 4.68. The van der Waals surface area contributed by atoms with E-state index >= 15 is 0 Å². The van der Waals surface area contributed by atoms with Gasteiger partial charge >= 0.3 is 12.1 Å². The van der Waals surface area contributed by atoms with E-state index in [0.29, 0.717) is 6.42 Å². The number of hydrogen-bond acceptors (Lipinski definition) is 6. The number of nitrogens with zero attached hydrogens (tertiary/aromatic N) is 1. The van der Waals surface area contributed by atoms with Crippen LogP contribution in [0, 0.1) is 10.1 Å². The van der Waals surface area contributed by atoms with Crippen LogP contribution in [-0.4, -0.2) is 34.7 Å². The lowest BCUT2D eigenvalue weighted by molar-refractivity contribution is -0.384.